The minimum atomic E-state index is 0.857. The van der Waals surface area contributed by atoms with Gasteiger partial charge < -0.3 is 0 Å². The van der Waals surface area contributed by atoms with Gasteiger partial charge in [-0.3, -0.25) is 9.97 Å². The molecule has 0 unspecified atom stereocenters. The Bertz CT molecular complexity index is 492. The van der Waals surface area contributed by atoms with Gasteiger partial charge in [0.05, 0.1) is 0 Å². The van der Waals surface area contributed by atoms with E-state index in [0.29, 0.717) is 0 Å². The van der Waals surface area contributed by atoms with Gasteiger partial charge in [0, 0.05) is 24.5 Å². The van der Waals surface area contributed by atoms with Crippen molar-refractivity contribution >= 4 is 22.6 Å². The smallest absolute Gasteiger partial charge is 0.101 e. The summed E-state index contributed by atoms with van der Waals surface area (Å²) in [6.07, 6.45) is 4.71. The molecule has 0 amide bonds. The molecule has 0 radical (unpaired) electrons. The molecule has 2 nitrogen and oxygen atoms in total. The predicted molar refractivity (Wildman–Crippen MR) is 73.5 cm³/mol. The molecular formula is C13H13IN2. The summed E-state index contributed by atoms with van der Waals surface area (Å²) in [5.74, 6) is 0. The minimum absolute atomic E-state index is 0.857. The van der Waals surface area contributed by atoms with Crippen molar-refractivity contribution in [1.82, 2.24) is 9.97 Å². The van der Waals surface area contributed by atoms with E-state index in [-0.39, 0.29) is 0 Å². The van der Waals surface area contributed by atoms with E-state index in [4.69, 9.17) is 0 Å². The lowest BCUT2D eigenvalue weighted by Gasteiger charge is -2.05. The van der Waals surface area contributed by atoms with Crippen LogP contribution in [-0.4, -0.2) is 9.97 Å². The van der Waals surface area contributed by atoms with Gasteiger partial charge in [-0.15, -0.1) is 0 Å². The van der Waals surface area contributed by atoms with Gasteiger partial charge in [0.25, 0.3) is 0 Å². The van der Waals surface area contributed by atoms with E-state index in [1.807, 2.05) is 12.4 Å². The molecule has 0 fully saturated rings. The Morgan fingerprint density at radius 1 is 1.12 bits per heavy atom. The Morgan fingerprint density at radius 3 is 2.56 bits per heavy atom. The summed E-state index contributed by atoms with van der Waals surface area (Å²) in [4.78, 5) is 8.72. The van der Waals surface area contributed by atoms with Gasteiger partial charge in [-0.05, 0) is 65.3 Å². The molecular weight excluding hydrogens is 311 g/mol. The van der Waals surface area contributed by atoms with E-state index >= 15 is 0 Å². The molecule has 2 rings (SSSR count). The molecule has 0 atom stereocenters. The zero-order chi connectivity index (χ0) is 11.5. The summed E-state index contributed by atoms with van der Waals surface area (Å²) < 4.78 is 1.04. The quantitative estimate of drug-likeness (QED) is 0.626. The molecule has 0 aliphatic rings. The summed E-state index contributed by atoms with van der Waals surface area (Å²) in [5, 5.41) is 0. The summed E-state index contributed by atoms with van der Waals surface area (Å²) >= 11 is 2.23. The van der Waals surface area contributed by atoms with Gasteiger partial charge in [-0.1, -0.05) is 6.07 Å². The van der Waals surface area contributed by atoms with Crippen LogP contribution in [0.25, 0.3) is 0 Å². The molecule has 2 heterocycles. The molecule has 0 spiro atoms. The Morgan fingerprint density at radius 2 is 1.94 bits per heavy atom. The van der Waals surface area contributed by atoms with Crippen molar-refractivity contribution in [2.45, 2.75) is 20.3 Å². The first-order valence-electron chi connectivity index (χ1n) is 5.18. The Labute approximate surface area is 109 Å². The third-order valence-corrected chi connectivity index (χ3v) is 3.12. The lowest BCUT2D eigenvalue weighted by molar-refractivity contribution is 1.03. The van der Waals surface area contributed by atoms with Gasteiger partial charge >= 0.3 is 0 Å². The molecule has 3 heteroatoms. The SMILES string of the molecule is Cc1ccc(Cc2cnc(I)cc2C)nc1. The summed E-state index contributed by atoms with van der Waals surface area (Å²) in [7, 11) is 0. The highest BCUT2D eigenvalue weighted by Crippen LogP contribution is 2.13. The highest BCUT2D eigenvalue weighted by atomic mass is 127. The van der Waals surface area contributed by atoms with Crippen LogP contribution >= 0.6 is 22.6 Å². The van der Waals surface area contributed by atoms with Crippen LogP contribution in [-0.2, 0) is 6.42 Å². The van der Waals surface area contributed by atoms with E-state index in [9.17, 15) is 0 Å². The number of rotatable bonds is 2. The van der Waals surface area contributed by atoms with Gasteiger partial charge in [0.2, 0.25) is 0 Å². The lowest BCUT2D eigenvalue weighted by Crippen LogP contribution is -1.97. The number of hydrogen-bond donors (Lipinski definition) is 0. The number of aryl methyl sites for hydroxylation is 2. The molecule has 16 heavy (non-hydrogen) atoms. The zero-order valence-corrected chi connectivity index (χ0v) is 11.5. The molecule has 2 aromatic rings. The van der Waals surface area contributed by atoms with Crippen LogP contribution in [0.5, 0.6) is 0 Å². The van der Waals surface area contributed by atoms with Crippen molar-refractivity contribution in [2.75, 3.05) is 0 Å². The third-order valence-electron chi connectivity index (χ3n) is 2.53. The fourth-order valence-electron chi connectivity index (χ4n) is 1.53. The second kappa shape index (κ2) is 4.91. The van der Waals surface area contributed by atoms with Crippen LogP contribution in [0, 0.1) is 17.5 Å². The van der Waals surface area contributed by atoms with Crippen LogP contribution in [0.15, 0.2) is 30.6 Å². The van der Waals surface area contributed by atoms with Crippen LogP contribution in [0.4, 0.5) is 0 Å². The van der Waals surface area contributed by atoms with Crippen molar-refractivity contribution in [3.05, 3.63) is 56.7 Å². The Balaban J connectivity index is 2.23. The van der Waals surface area contributed by atoms with Gasteiger partial charge in [-0.25, -0.2) is 0 Å². The average Bonchev–Trinajstić information content (AvgIpc) is 2.25. The van der Waals surface area contributed by atoms with E-state index < -0.39 is 0 Å². The van der Waals surface area contributed by atoms with Crippen LogP contribution < -0.4 is 0 Å². The number of pyridine rings is 2. The molecule has 0 bridgehead atoms. The zero-order valence-electron chi connectivity index (χ0n) is 9.37. The summed E-state index contributed by atoms with van der Waals surface area (Å²) in [6.45, 7) is 4.17. The number of halogens is 1. The first kappa shape index (κ1) is 11.5. The molecule has 0 aliphatic carbocycles. The molecule has 0 saturated carbocycles. The van der Waals surface area contributed by atoms with Crippen molar-refractivity contribution < 1.29 is 0 Å². The Hall–Kier alpha value is -0.970. The summed E-state index contributed by atoms with van der Waals surface area (Å²) in [5.41, 5.74) is 4.82. The average molecular weight is 324 g/mol. The highest BCUT2D eigenvalue weighted by molar-refractivity contribution is 14.1. The van der Waals surface area contributed by atoms with Crippen LogP contribution in [0.1, 0.15) is 22.4 Å². The maximum atomic E-state index is 4.41. The topological polar surface area (TPSA) is 25.8 Å². The lowest BCUT2D eigenvalue weighted by atomic mass is 10.1. The first-order chi connectivity index (χ1) is 7.65. The normalized spacial score (nSPS) is 10.4. The van der Waals surface area contributed by atoms with E-state index in [1.54, 1.807) is 0 Å². The van der Waals surface area contributed by atoms with Gasteiger partial charge in [-0.2, -0.15) is 0 Å². The van der Waals surface area contributed by atoms with E-state index in [1.165, 1.54) is 16.7 Å². The molecule has 2 aromatic heterocycles. The molecule has 0 N–H and O–H groups in total. The number of nitrogens with zero attached hydrogens (tertiary/aromatic N) is 2. The molecule has 0 aromatic carbocycles. The number of hydrogen-bond acceptors (Lipinski definition) is 2. The van der Waals surface area contributed by atoms with E-state index in [0.717, 1.165) is 15.8 Å². The second-order valence-electron chi connectivity index (χ2n) is 3.94. The van der Waals surface area contributed by atoms with Gasteiger partial charge in [0.1, 0.15) is 3.70 Å². The monoisotopic (exact) mass is 324 g/mol. The Kier molecular flexibility index (Phi) is 3.53. The maximum absolute atomic E-state index is 4.41. The summed E-state index contributed by atoms with van der Waals surface area (Å²) in [6, 6.07) is 6.27. The first-order valence-corrected chi connectivity index (χ1v) is 6.25. The fourth-order valence-corrected chi connectivity index (χ4v) is 2.14. The molecule has 82 valence electrons. The van der Waals surface area contributed by atoms with Gasteiger partial charge in [0.15, 0.2) is 0 Å². The molecule has 0 aliphatic heterocycles. The van der Waals surface area contributed by atoms with Crippen LogP contribution in [0.3, 0.4) is 0 Å². The maximum Gasteiger partial charge on any atom is 0.101 e. The fraction of sp³-hybridized carbons (Fsp3) is 0.231. The van der Waals surface area contributed by atoms with Crippen LogP contribution in [0.2, 0.25) is 0 Å². The highest BCUT2D eigenvalue weighted by Gasteiger charge is 2.02. The minimum Gasteiger partial charge on any atom is -0.261 e. The molecule has 0 saturated heterocycles. The predicted octanol–water partition coefficient (Wildman–Crippen LogP) is 3.29. The van der Waals surface area contributed by atoms with Crippen molar-refractivity contribution in [3.8, 4) is 0 Å². The largest absolute Gasteiger partial charge is 0.261 e. The second-order valence-corrected chi connectivity index (χ2v) is 5.04. The third kappa shape index (κ3) is 2.78. The van der Waals surface area contributed by atoms with Crippen molar-refractivity contribution in [3.63, 3.8) is 0 Å². The van der Waals surface area contributed by atoms with Crippen molar-refractivity contribution in [1.29, 1.82) is 0 Å². The number of aromatic nitrogens is 2. The van der Waals surface area contributed by atoms with E-state index in [2.05, 4.69) is 64.6 Å². The standard InChI is InChI=1S/C13H13IN2/c1-9-3-4-12(15-7-9)6-11-8-16-13(14)5-10(11)2/h3-5,7-8H,6H2,1-2H3. The van der Waals surface area contributed by atoms with Crippen molar-refractivity contribution in [2.24, 2.45) is 0 Å².